The number of nitrogens with one attached hydrogen (secondary N) is 1. The Hall–Kier alpha value is -3.54. The van der Waals surface area contributed by atoms with Gasteiger partial charge in [0.25, 0.3) is 5.91 Å². The van der Waals surface area contributed by atoms with Gasteiger partial charge in [-0.15, -0.1) is 13.2 Å². The minimum atomic E-state index is -4.79. The van der Waals surface area contributed by atoms with Crippen LogP contribution in [0, 0.1) is 11.3 Å². The standard InChI is InChI=1S/C26H21ClF3N3O2/c27-21-9-5-19(6-10-21)24(18-3-1-17(15-31)2-4-18)33-14-13-22(16-33)32-25(34)20-7-11-23(12-8-20)35-26(28,29)30/h1-12,22,24H,13-14,16H2,(H,32,34)/t22-,24+/m1/s1. The molecule has 5 nitrogen and oxygen atoms in total. The number of carbonyl (C=O) groups excluding carboxylic acids is 1. The minimum absolute atomic E-state index is 0.0966. The molecule has 1 amide bonds. The van der Waals surface area contributed by atoms with Gasteiger partial charge in [0.2, 0.25) is 0 Å². The zero-order chi connectivity index (χ0) is 25.0. The van der Waals surface area contributed by atoms with Crippen molar-refractivity contribution in [3.8, 4) is 11.8 Å². The third-order valence-electron chi connectivity index (χ3n) is 5.81. The van der Waals surface area contributed by atoms with E-state index in [4.69, 9.17) is 16.9 Å². The number of ether oxygens (including phenoxy) is 1. The number of halogens is 4. The molecule has 1 saturated heterocycles. The summed E-state index contributed by atoms with van der Waals surface area (Å²) < 4.78 is 40.9. The molecule has 0 aromatic heterocycles. The average molecular weight is 500 g/mol. The maximum Gasteiger partial charge on any atom is 0.573 e. The number of nitrogens with zero attached hydrogens (tertiary/aromatic N) is 2. The Balaban J connectivity index is 1.46. The van der Waals surface area contributed by atoms with Gasteiger partial charge >= 0.3 is 6.36 Å². The molecule has 1 heterocycles. The number of alkyl halides is 3. The van der Waals surface area contributed by atoms with Gasteiger partial charge in [-0.05, 0) is 66.1 Å². The quantitative estimate of drug-likeness (QED) is 0.472. The van der Waals surface area contributed by atoms with Crippen molar-refractivity contribution in [2.75, 3.05) is 13.1 Å². The maximum atomic E-state index is 12.7. The summed E-state index contributed by atoms with van der Waals surface area (Å²) in [4.78, 5) is 14.9. The molecule has 0 spiro atoms. The van der Waals surface area contributed by atoms with Crippen LogP contribution in [0.15, 0.2) is 72.8 Å². The molecule has 1 N–H and O–H groups in total. The summed E-state index contributed by atoms with van der Waals surface area (Å²) in [5, 5.41) is 12.7. The van der Waals surface area contributed by atoms with Crippen LogP contribution in [-0.2, 0) is 0 Å². The average Bonchev–Trinajstić information content (AvgIpc) is 3.28. The third kappa shape index (κ3) is 6.32. The normalized spacial score (nSPS) is 16.9. The second-order valence-corrected chi connectivity index (χ2v) is 8.65. The van der Waals surface area contributed by atoms with Gasteiger partial charge in [-0.2, -0.15) is 5.26 Å². The molecule has 3 aromatic rings. The highest BCUT2D eigenvalue weighted by atomic mass is 35.5. The van der Waals surface area contributed by atoms with Gasteiger partial charge in [0.05, 0.1) is 17.7 Å². The van der Waals surface area contributed by atoms with Crippen LogP contribution in [0.3, 0.4) is 0 Å². The van der Waals surface area contributed by atoms with Crippen molar-refractivity contribution in [1.82, 2.24) is 10.2 Å². The van der Waals surface area contributed by atoms with Crippen molar-refractivity contribution in [3.63, 3.8) is 0 Å². The van der Waals surface area contributed by atoms with Crippen molar-refractivity contribution in [1.29, 1.82) is 5.26 Å². The number of carbonyl (C=O) groups is 1. The van der Waals surface area contributed by atoms with Gasteiger partial charge < -0.3 is 10.1 Å². The molecular formula is C26H21ClF3N3O2. The van der Waals surface area contributed by atoms with Crippen molar-refractivity contribution in [2.45, 2.75) is 24.9 Å². The molecule has 4 rings (SSSR count). The van der Waals surface area contributed by atoms with Crippen LogP contribution in [0.5, 0.6) is 5.75 Å². The molecule has 35 heavy (non-hydrogen) atoms. The van der Waals surface area contributed by atoms with E-state index in [1.807, 2.05) is 36.4 Å². The van der Waals surface area contributed by atoms with Gasteiger partial charge in [-0.3, -0.25) is 9.69 Å². The monoisotopic (exact) mass is 499 g/mol. The van der Waals surface area contributed by atoms with Crippen LogP contribution in [0.2, 0.25) is 5.02 Å². The molecule has 1 aliphatic rings. The fourth-order valence-electron chi connectivity index (χ4n) is 4.22. The molecule has 0 radical (unpaired) electrons. The van der Waals surface area contributed by atoms with Crippen LogP contribution in [0.25, 0.3) is 0 Å². The second-order valence-electron chi connectivity index (χ2n) is 8.21. The minimum Gasteiger partial charge on any atom is -0.406 e. The van der Waals surface area contributed by atoms with Gasteiger partial charge in [0.15, 0.2) is 0 Å². The van der Waals surface area contributed by atoms with Crippen LogP contribution >= 0.6 is 11.6 Å². The first-order valence-corrected chi connectivity index (χ1v) is 11.3. The summed E-state index contributed by atoms with van der Waals surface area (Å²) in [5.41, 5.74) is 2.87. The van der Waals surface area contributed by atoms with Crippen molar-refractivity contribution < 1.29 is 22.7 Å². The van der Waals surface area contributed by atoms with E-state index >= 15 is 0 Å². The Morgan fingerprint density at radius 3 is 2.20 bits per heavy atom. The van der Waals surface area contributed by atoms with E-state index < -0.39 is 6.36 Å². The van der Waals surface area contributed by atoms with Crippen LogP contribution in [0.4, 0.5) is 13.2 Å². The number of hydrogen-bond acceptors (Lipinski definition) is 4. The van der Waals surface area contributed by atoms with Crippen LogP contribution in [0.1, 0.15) is 39.5 Å². The van der Waals surface area contributed by atoms with Crippen molar-refractivity contribution >= 4 is 17.5 Å². The fourth-order valence-corrected chi connectivity index (χ4v) is 4.34. The Morgan fingerprint density at radius 1 is 1.03 bits per heavy atom. The van der Waals surface area contributed by atoms with E-state index in [9.17, 15) is 18.0 Å². The highest BCUT2D eigenvalue weighted by Crippen LogP contribution is 2.32. The molecule has 9 heteroatoms. The molecular weight excluding hydrogens is 479 g/mol. The van der Waals surface area contributed by atoms with E-state index in [1.54, 1.807) is 12.1 Å². The summed E-state index contributed by atoms with van der Waals surface area (Å²) in [5.74, 6) is -0.744. The highest BCUT2D eigenvalue weighted by Gasteiger charge is 2.32. The predicted octanol–water partition coefficient (Wildman–Crippen LogP) is 5.70. The molecule has 1 aliphatic heterocycles. The second kappa shape index (κ2) is 10.4. The summed E-state index contributed by atoms with van der Waals surface area (Å²) in [6, 6.07) is 21.7. The topological polar surface area (TPSA) is 65.4 Å². The first-order chi connectivity index (χ1) is 16.7. The number of hydrogen-bond donors (Lipinski definition) is 1. The number of rotatable bonds is 6. The van der Waals surface area contributed by atoms with Crippen LogP contribution < -0.4 is 10.1 Å². The van der Waals surface area contributed by atoms with Gasteiger partial charge in [0.1, 0.15) is 5.75 Å². The fraction of sp³-hybridized carbons (Fsp3) is 0.231. The number of benzene rings is 3. The van der Waals surface area contributed by atoms with Gasteiger partial charge in [0, 0.05) is 29.7 Å². The summed E-state index contributed by atoms with van der Waals surface area (Å²) in [7, 11) is 0. The summed E-state index contributed by atoms with van der Waals surface area (Å²) in [6.07, 6.45) is -4.08. The largest absolute Gasteiger partial charge is 0.573 e. The maximum absolute atomic E-state index is 12.7. The van der Waals surface area contributed by atoms with Crippen molar-refractivity contribution in [3.05, 3.63) is 100 Å². The molecule has 0 saturated carbocycles. The molecule has 1 fully saturated rings. The first kappa shape index (κ1) is 24.6. The SMILES string of the molecule is N#Cc1ccc([C@@H](c2ccc(Cl)cc2)N2CC[C@@H](NC(=O)c3ccc(OC(F)(F)F)cc3)C2)cc1. The highest BCUT2D eigenvalue weighted by molar-refractivity contribution is 6.30. The molecule has 2 atom stereocenters. The molecule has 0 bridgehead atoms. The number of likely N-dealkylation sites (tertiary alicyclic amines) is 1. The first-order valence-electron chi connectivity index (χ1n) is 10.9. The number of amides is 1. The molecule has 3 aromatic carbocycles. The van der Waals surface area contributed by atoms with E-state index in [0.29, 0.717) is 23.6 Å². The molecule has 180 valence electrons. The van der Waals surface area contributed by atoms with E-state index in [0.717, 1.165) is 29.8 Å². The lowest BCUT2D eigenvalue weighted by atomic mass is 9.96. The smallest absolute Gasteiger partial charge is 0.406 e. The van der Waals surface area contributed by atoms with E-state index in [1.165, 1.54) is 12.1 Å². The number of nitriles is 1. The summed E-state index contributed by atoms with van der Waals surface area (Å²) in [6.45, 7) is 1.30. The zero-order valence-corrected chi connectivity index (χ0v) is 19.2. The van der Waals surface area contributed by atoms with E-state index in [2.05, 4.69) is 21.0 Å². The Morgan fingerprint density at radius 2 is 1.63 bits per heavy atom. The predicted molar refractivity (Wildman–Crippen MR) is 125 cm³/mol. The Bertz CT molecular complexity index is 1210. The van der Waals surface area contributed by atoms with Crippen molar-refractivity contribution in [2.24, 2.45) is 0 Å². The third-order valence-corrected chi connectivity index (χ3v) is 6.06. The lowest BCUT2D eigenvalue weighted by molar-refractivity contribution is -0.274. The van der Waals surface area contributed by atoms with Gasteiger partial charge in [-0.1, -0.05) is 35.9 Å². The van der Waals surface area contributed by atoms with Crippen LogP contribution in [-0.4, -0.2) is 36.3 Å². The van der Waals surface area contributed by atoms with E-state index in [-0.39, 0.29) is 29.3 Å². The molecule has 0 aliphatic carbocycles. The lowest BCUT2D eigenvalue weighted by Gasteiger charge is -2.29. The molecule has 0 unspecified atom stereocenters. The zero-order valence-electron chi connectivity index (χ0n) is 18.4. The lowest BCUT2D eigenvalue weighted by Crippen LogP contribution is -2.38. The van der Waals surface area contributed by atoms with Gasteiger partial charge in [-0.25, -0.2) is 0 Å². The summed E-state index contributed by atoms with van der Waals surface area (Å²) >= 11 is 6.08. The Kier molecular flexibility index (Phi) is 7.29. The Labute approximate surface area is 205 Å².